The van der Waals surface area contributed by atoms with Crippen molar-refractivity contribution in [3.8, 4) is 0 Å². The lowest BCUT2D eigenvalue weighted by atomic mass is 10.2. The van der Waals surface area contributed by atoms with E-state index in [0.717, 1.165) is 12.3 Å². The number of carbonyl (C=O) groups is 1. The molecule has 0 saturated heterocycles. The number of aryl methyl sites for hydroxylation is 2. The van der Waals surface area contributed by atoms with Gasteiger partial charge in [0, 0.05) is 17.2 Å². The first-order valence-corrected chi connectivity index (χ1v) is 12.5. The summed E-state index contributed by atoms with van der Waals surface area (Å²) in [7, 11) is 1.04. The number of fused-ring (bicyclic) bond motifs is 1. The average Bonchev–Trinajstić information content (AvgIpc) is 3.08. The van der Waals surface area contributed by atoms with Gasteiger partial charge >= 0.3 is 0 Å². The van der Waals surface area contributed by atoms with Crippen LogP contribution < -0.4 is 0 Å². The van der Waals surface area contributed by atoms with Crippen LogP contribution in [0, 0.1) is 6.92 Å². The fourth-order valence-corrected chi connectivity index (χ4v) is 3.63. The fourth-order valence-electron chi connectivity index (χ4n) is 1.82. The first kappa shape index (κ1) is 26.0. The zero-order valence-electron chi connectivity index (χ0n) is 18.9. The minimum absolute atomic E-state index is 0.318. The highest BCUT2D eigenvalue weighted by atomic mass is 32.3. The Morgan fingerprint density at radius 1 is 1.30 bits per heavy atom. The van der Waals surface area contributed by atoms with Gasteiger partial charge in [0.2, 0.25) is 0 Å². The van der Waals surface area contributed by atoms with Crippen LogP contribution in [0.15, 0.2) is 6.07 Å². The molecule has 0 aromatic carbocycles. The van der Waals surface area contributed by atoms with Crippen LogP contribution in [-0.4, -0.2) is 39.6 Å². The quantitative estimate of drug-likeness (QED) is 0.573. The van der Waals surface area contributed by atoms with Gasteiger partial charge in [0.25, 0.3) is 6.47 Å². The zero-order chi connectivity index (χ0) is 21.4. The van der Waals surface area contributed by atoms with E-state index in [1.165, 1.54) is 15.1 Å². The van der Waals surface area contributed by atoms with Crippen molar-refractivity contribution in [3.05, 3.63) is 16.6 Å². The first-order chi connectivity index (χ1) is 12.4. The third-order valence-corrected chi connectivity index (χ3v) is 7.99. The molecule has 0 amide bonds. The molecule has 158 valence electrons. The highest BCUT2D eigenvalue weighted by Crippen LogP contribution is 2.47. The van der Waals surface area contributed by atoms with Gasteiger partial charge in [0.1, 0.15) is 5.60 Å². The Morgan fingerprint density at radius 3 is 2.22 bits per heavy atom. The number of aromatic nitrogens is 2. The molecule has 0 radical (unpaired) electrons. The second kappa shape index (κ2) is 11.1. The van der Waals surface area contributed by atoms with Crippen molar-refractivity contribution in [3.63, 3.8) is 0 Å². The average molecular weight is 419 g/mol. The Bertz CT molecular complexity index is 663. The molecule has 0 N–H and O–H groups in total. The summed E-state index contributed by atoms with van der Waals surface area (Å²) in [5.74, 6) is 0. The minimum atomic E-state index is -0.953. The normalized spacial score (nSPS) is 12.1. The summed E-state index contributed by atoms with van der Waals surface area (Å²) < 4.78 is 13.9. The molecule has 2 heterocycles. The molecule has 0 fully saturated rings. The summed E-state index contributed by atoms with van der Waals surface area (Å²) in [5, 5.41) is 5.01. The van der Waals surface area contributed by atoms with Crippen LogP contribution in [0.4, 0.5) is 0 Å². The summed E-state index contributed by atoms with van der Waals surface area (Å²) in [6, 6.07) is 2.20. The number of carbonyl (C=O) groups excluding carboxylic acids is 1. The molecule has 0 atom stereocenters. The van der Waals surface area contributed by atoms with Crippen LogP contribution in [0.1, 0.15) is 59.0 Å². The van der Waals surface area contributed by atoms with Crippen LogP contribution in [0.2, 0.25) is 0 Å². The third kappa shape index (κ3) is 8.66. The van der Waals surface area contributed by atoms with Gasteiger partial charge < -0.3 is 8.92 Å². The molecule has 0 bridgehead atoms. The number of rotatable bonds is 5. The van der Waals surface area contributed by atoms with Crippen LogP contribution >= 0.6 is 21.6 Å². The maximum atomic E-state index is 9.60. The Hall–Kier alpha value is -1.05. The summed E-state index contributed by atoms with van der Waals surface area (Å²) >= 11 is 1.80. The molecular formula is C20H38N2O3S2. The molecule has 0 aliphatic rings. The van der Waals surface area contributed by atoms with E-state index < -0.39 is 10.3 Å². The van der Waals surface area contributed by atoms with Crippen LogP contribution in [-0.2, 0) is 27.4 Å². The number of nitrogens with zero attached hydrogens (tertiary/aromatic N) is 2. The Morgan fingerprint density at radius 2 is 1.85 bits per heavy atom. The van der Waals surface area contributed by atoms with Crippen molar-refractivity contribution in [2.75, 3.05) is 12.5 Å². The van der Waals surface area contributed by atoms with Crippen molar-refractivity contribution >= 4 is 38.3 Å². The number of hydrogen-bond donors (Lipinski definition) is 0. The van der Waals surface area contributed by atoms with Gasteiger partial charge in [0.05, 0.1) is 22.5 Å². The smallest absolute Gasteiger partial charge is 0.293 e. The SMILES string of the molecule is CC.CC(C)(C)OC=O.Cc1nn(C)c2cc(COS(C)(C)C(C)C)sc12. The molecule has 0 spiro atoms. The standard InChI is InChI=1S/C13H22N2OS2.C5H10O2.C2H6/c1-9(2)18(5,6)16-8-11-7-12-13(17-11)10(3)14-15(12)4;1-5(2,3)7-4-6;1-2/h7,9H,8H2,1-6H3;4H,1-3H3;1-2H3. The molecule has 5 nitrogen and oxygen atoms in total. The van der Waals surface area contributed by atoms with Crippen molar-refractivity contribution in [2.24, 2.45) is 7.05 Å². The molecule has 0 saturated carbocycles. The maximum Gasteiger partial charge on any atom is 0.293 e. The van der Waals surface area contributed by atoms with E-state index in [-0.39, 0.29) is 5.60 Å². The van der Waals surface area contributed by atoms with Crippen molar-refractivity contribution < 1.29 is 13.7 Å². The maximum absolute atomic E-state index is 9.60. The lowest BCUT2D eigenvalue weighted by Crippen LogP contribution is -2.17. The molecule has 7 heteroatoms. The predicted octanol–water partition coefficient (Wildman–Crippen LogP) is 5.83. The van der Waals surface area contributed by atoms with Crippen LogP contribution in [0.5, 0.6) is 0 Å². The van der Waals surface area contributed by atoms with Crippen molar-refractivity contribution in [1.29, 1.82) is 0 Å². The zero-order valence-corrected chi connectivity index (χ0v) is 20.5. The molecule has 2 aromatic rings. The molecule has 0 aliphatic heterocycles. The van der Waals surface area contributed by atoms with E-state index in [9.17, 15) is 4.79 Å². The van der Waals surface area contributed by atoms with Gasteiger partial charge in [-0.2, -0.15) is 5.10 Å². The van der Waals surface area contributed by atoms with Crippen LogP contribution in [0.3, 0.4) is 0 Å². The van der Waals surface area contributed by atoms with E-state index in [1.54, 1.807) is 11.3 Å². The van der Waals surface area contributed by atoms with Gasteiger partial charge in [-0.05, 0) is 46.3 Å². The lowest BCUT2D eigenvalue weighted by molar-refractivity contribution is -0.138. The van der Waals surface area contributed by atoms with E-state index >= 15 is 0 Å². The Balaban J connectivity index is 0.000000637. The topological polar surface area (TPSA) is 53.3 Å². The number of ether oxygens (including phenoxy) is 1. The largest absolute Gasteiger partial charge is 0.462 e. The third-order valence-electron chi connectivity index (χ3n) is 3.78. The predicted molar refractivity (Wildman–Crippen MR) is 121 cm³/mol. The van der Waals surface area contributed by atoms with Gasteiger partial charge in [-0.25, -0.2) is 0 Å². The first-order valence-electron chi connectivity index (χ1n) is 9.27. The minimum Gasteiger partial charge on any atom is -0.462 e. The fraction of sp³-hybridized carbons (Fsp3) is 0.700. The van der Waals surface area contributed by atoms with Crippen molar-refractivity contribution in [2.45, 2.75) is 72.8 Å². The molecule has 0 unspecified atom stereocenters. The van der Waals surface area contributed by atoms with Gasteiger partial charge in [-0.1, -0.05) is 27.7 Å². The summed E-state index contributed by atoms with van der Waals surface area (Å²) in [6.07, 6.45) is 4.47. The van der Waals surface area contributed by atoms with Crippen LogP contribution in [0.25, 0.3) is 10.2 Å². The Kier molecular flexibility index (Phi) is 10.6. The summed E-state index contributed by atoms with van der Waals surface area (Å²) in [5.41, 5.74) is 2.01. The molecular weight excluding hydrogens is 380 g/mol. The number of thiophene rings is 1. The summed E-state index contributed by atoms with van der Waals surface area (Å²) in [6.45, 7) is 17.2. The highest BCUT2D eigenvalue weighted by Gasteiger charge is 2.18. The molecule has 0 aliphatic carbocycles. The second-order valence-electron chi connectivity index (χ2n) is 7.58. The van der Waals surface area contributed by atoms with E-state index in [1.807, 2.05) is 46.3 Å². The van der Waals surface area contributed by atoms with E-state index in [4.69, 9.17) is 4.18 Å². The monoisotopic (exact) mass is 418 g/mol. The van der Waals surface area contributed by atoms with E-state index in [2.05, 4.69) is 49.2 Å². The van der Waals surface area contributed by atoms with Crippen molar-refractivity contribution in [1.82, 2.24) is 9.78 Å². The lowest BCUT2D eigenvalue weighted by Gasteiger charge is -2.35. The molecule has 27 heavy (non-hydrogen) atoms. The second-order valence-corrected chi connectivity index (χ2v) is 12.5. The summed E-state index contributed by atoms with van der Waals surface area (Å²) in [4.78, 5) is 10.9. The molecule has 2 aromatic heterocycles. The highest BCUT2D eigenvalue weighted by molar-refractivity contribution is 8.29. The van der Waals surface area contributed by atoms with Gasteiger partial charge in [-0.15, -0.1) is 21.6 Å². The van der Waals surface area contributed by atoms with Gasteiger partial charge in [-0.3, -0.25) is 9.48 Å². The van der Waals surface area contributed by atoms with Gasteiger partial charge in [0.15, 0.2) is 0 Å². The Labute approximate surface area is 171 Å². The number of hydrogen-bond acceptors (Lipinski definition) is 5. The molecule has 2 rings (SSSR count). The van der Waals surface area contributed by atoms with E-state index in [0.29, 0.717) is 11.7 Å².